The van der Waals surface area contributed by atoms with Crippen LogP contribution >= 0.6 is 11.8 Å². The van der Waals surface area contributed by atoms with Crippen molar-refractivity contribution in [2.45, 2.75) is 75.9 Å². The van der Waals surface area contributed by atoms with Gasteiger partial charge < -0.3 is 9.64 Å². The Morgan fingerprint density at radius 1 is 0.974 bits per heavy atom. The lowest BCUT2D eigenvalue weighted by Gasteiger charge is -2.39. The number of thioether (sulfide) groups is 1. The largest absolute Gasteiger partial charge is 0.497 e. The van der Waals surface area contributed by atoms with Crippen molar-refractivity contribution in [3.63, 3.8) is 0 Å². The minimum absolute atomic E-state index is 0.0972. The van der Waals surface area contributed by atoms with E-state index in [9.17, 15) is 0 Å². The van der Waals surface area contributed by atoms with Gasteiger partial charge in [-0.15, -0.1) is 0 Å². The number of hydrogen-bond donors (Lipinski definition) is 0. The first-order chi connectivity index (χ1) is 18.4. The zero-order valence-corrected chi connectivity index (χ0v) is 23.5. The molecule has 196 valence electrons. The number of amidine groups is 1. The number of aliphatic imine (C=N–C) groups is 1. The van der Waals surface area contributed by atoms with E-state index >= 15 is 0 Å². The van der Waals surface area contributed by atoms with Crippen molar-refractivity contribution in [3.05, 3.63) is 71.9 Å². The maximum atomic E-state index is 5.35. The highest BCUT2D eigenvalue weighted by molar-refractivity contribution is 8.13. The molecule has 0 saturated heterocycles. The minimum Gasteiger partial charge on any atom is -0.497 e. The van der Waals surface area contributed by atoms with Gasteiger partial charge in [0.1, 0.15) is 10.8 Å². The Balaban J connectivity index is 1.48. The first kappa shape index (κ1) is 25.0. The number of nitrogens with zero attached hydrogens (tertiary/aromatic N) is 5. The summed E-state index contributed by atoms with van der Waals surface area (Å²) in [6.07, 6.45) is 6.32. The molecule has 1 fully saturated rings. The summed E-state index contributed by atoms with van der Waals surface area (Å²) < 4.78 is 7.36. The van der Waals surface area contributed by atoms with Crippen LogP contribution in [0.2, 0.25) is 0 Å². The highest BCUT2D eigenvalue weighted by Gasteiger charge is 2.32. The Hall–Kier alpha value is -3.32. The lowest BCUT2D eigenvalue weighted by molar-refractivity contribution is 0.238. The normalized spacial score (nSPS) is 17.7. The Kier molecular flexibility index (Phi) is 6.64. The minimum atomic E-state index is -0.0972. The third-order valence-electron chi connectivity index (χ3n) is 7.50. The van der Waals surface area contributed by atoms with Crippen molar-refractivity contribution in [1.82, 2.24) is 19.7 Å². The quantitative estimate of drug-likeness (QED) is 0.274. The van der Waals surface area contributed by atoms with Gasteiger partial charge in [0.15, 0.2) is 10.8 Å². The predicted molar refractivity (Wildman–Crippen MR) is 156 cm³/mol. The first-order valence-corrected chi connectivity index (χ1v) is 14.4. The highest BCUT2D eigenvalue weighted by Crippen LogP contribution is 2.40. The molecule has 6 rings (SSSR count). The molecule has 38 heavy (non-hydrogen) atoms. The number of pyridine rings is 1. The lowest BCUT2D eigenvalue weighted by Crippen LogP contribution is -2.41. The standard InChI is InChI=1S/C31H35N5OS/c1-31(2,3)27-26-19-21-20-35(23-11-7-5-8-12-23)30(32-22-15-17-25(37-4)18-16-22)38-29(21)33-28(26)36(34-27)24-13-9-6-10-14-24/h6,9-10,13-19,23H,5,7-8,11-12,20H2,1-4H3. The van der Waals surface area contributed by atoms with E-state index in [-0.39, 0.29) is 5.41 Å². The third-order valence-corrected chi connectivity index (χ3v) is 8.55. The topological polar surface area (TPSA) is 55.5 Å². The smallest absolute Gasteiger partial charge is 0.171 e. The van der Waals surface area contributed by atoms with Gasteiger partial charge >= 0.3 is 0 Å². The number of methoxy groups -OCH3 is 1. The summed E-state index contributed by atoms with van der Waals surface area (Å²) in [4.78, 5) is 12.9. The highest BCUT2D eigenvalue weighted by atomic mass is 32.2. The van der Waals surface area contributed by atoms with Crippen molar-refractivity contribution < 1.29 is 4.74 Å². The number of benzene rings is 2. The molecular weight excluding hydrogens is 490 g/mol. The van der Waals surface area contributed by atoms with Gasteiger partial charge in [-0.25, -0.2) is 14.7 Å². The van der Waals surface area contributed by atoms with Crippen LogP contribution in [0, 0.1) is 0 Å². The second-order valence-corrected chi connectivity index (χ2v) is 12.2. The second-order valence-electron chi connectivity index (χ2n) is 11.3. The van der Waals surface area contributed by atoms with Crippen molar-refractivity contribution in [2.24, 2.45) is 4.99 Å². The van der Waals surface area contributed by atoms with Crippen LogP contribution in [-0.4, -0.2) is 38.0 Å². The van der Waals surface area contributed by atoms with Crippen LogP contribution in [0.15, 0.2) is 70.7 Å². The fourth-order valence-electron chi connectivity index (χ4n) is 5.50. The van der Waals surface area contributed by atoms with Gasteiger partial charge in [-0.3, -0.25) is 0 Å². The molecule has 2 aromatic heterocycles. The van der Waals surface area contributed by atoms with Gasteiger partial charge in [0.05, 0.1) is 24.2 Å². The summed E-state index contributed by atoms with van der Waals surface area (Å²) in [5.41, 5.74) is 5.11. The molecule has 1 saturated carbocycles. The van der Waals surface area contributed by atoms with Gasteiger partial charge in [-0.05, 0) is 67.1 Å². The van der Waals surface area contributed by atoms with E-state index in [4.69, 9.17) is 19.8 Å². The molecule has 0 atom stereocenters. The monoisotopic (exact) mass is 525 g/mol. The van der Waals surface area contributed by atoms with Gasteiger partial charge in [0.2, 0.25) is 0 Å². The Bertz CT molecular complexity index is 1460. The van der Waals surface area contributed by atoms with E-state index in [1.807, 2.05) is 35.0 Å². The Morgan fingerprint density at radius 3 is 2.39 bits per heavy atom. The lowest BCUT2D eigenvalue weighted by atomic mass is 9.90. The molecule has 7 heteroatoms. The van der Waals surface area contributed by atoms with Crippen LogP contribution in [-0.2, 0) is 12.0 Å². The summed E-state index contributed by atoms with van der Waals surface area (Å²) >= 11 is 1.69. The first-order valence-electron chi connectivity index (χ1n) is 13.6. The summed E-state index contributed by atoms with van der Waals surface area (Å²) in [6, 6.07) is 21.2. The van der Waals surface area contributed by atoms with E-state index < -0.39 is 0 Å². The average molecular weight is 526 g/mol. The zero-order valence-electron chi connectivity index (χ0n) is 22.6. The summed E-state index contributed by atoms with van der Waals surface area (Å²) in [5.74, 6) is 0.840. The van der Waals surface area contributed by atoms with Gasteiger partial charge in [-0.2, -0.15) is 5.10 Å². The Labute approximate surface area is 229 Å². The van der Waals surface area contributed by atoms with Gasteiger partial charge in [0.25, 0.3) is 0 Å². The average Bonchev–Trinajstić information content (AvgIpc) is 3.32. The van der Waals surface area contributed by atoms with Crippen LogP contribution in [0.5, 0.6) is 5.75 Å². The molecule has 0 N–H and O–H groups in total. The summed E-state index contributed by atoms with van der Waals surface area (Å²) in [7, 11) is 1.69. The van der Waals surface area contributed by atoms with Crippen LogP contribution in [0.3, 0.4) is 0 Å². The van der Waals surface area contributed by atoms with Crippen molar-refractivity contribution in [2.75, 3.05) is 7.11 Å². The van der Waals surface area contributed by atoms with Crippen molar-refractivity contribution in [3.8, 4) is 11.4 Å². The molecule has 1 aliphatic carbocycles. The molecule has 0 spiro atoms. The number of hydrogen-bond acceptors (Lipinski definition) is 5. The summed E-state index contributed by atoms with van der Waals surface area (Å²) in [6.45, 7) is 7.51. The van der Waals surface area contributed by atoms with E-state index in [1.54, 1.807) is 18.9 Å². The van der Waals surface area contributed by atoms with Crippen molar-refractivity contribution in [1.29, 1.82) is 0 Å². The van der Waals surface area contributed by atoms with E-state index in [0.717, 1.165) is 50.6 Å². The maximum Gasteiger partial charge on any atom is 0.171 e. The number of ether oxygens (including phenoxy) is 1. The van der Waals surface area contributed by atoms with Crippen LogP contribution in [0.25, 0.3) is 16.7 Å². The molecule has 0 amide bonds. The van der Waals surface area contributed by atoms with Crippen LogP contribution < -0.4 is 4.74 Å². The van der Waals surface area contributed by atoms with E-state index in [1.165, 1.54) is 37.7 Å². The van der Waals surface area contributed by atoms with Crippen LogP contribution in [0.4, 0.5) is 5.69 Å². The SMILES string of the molecule is COc1ccc(N=C2Sc3nc4c(cc3CN2C2CCCCC2)c(C(C)(C)C)nn4-c2ccccc2)cc1. The molecule has 0 bridgehead atoms. The fraction of sp³-hybridized carbons (Fsp3) is 0.387. The predicted octanol–water partition coefficient (Wildman–Crippen LogP) is 7.65. The number of fused-ring (bicyclic) bond motifs is 2. The maximum absolute atomic E-state index is 5.35. The van der Waals surface area contributed by atoms with Gasteiger partial charge in [0, 0.05) is 29.0 Å². The van der Waals surface area contributed by atoms with E-state index in [2.05, 4.69) is 56.0 Å². The number of rotatable bonds is 4. The molecule has 6 nitrogen and oxygen atoms in total. The molecule has 4 aromatic rings. The van der Waals surface area contributed by atoms with E-state index in [0.29, 0.717) is 6.04 Å². The van der Waals surface area contributed by atoms with Crippen molar-refractivity contribution >= 4 is 33.7 Å². The zero-order chi connectivity index (χ0) is 26.3. The fourth-order valence-corrected chi connectivity index (χ4v) is 6.54. The molecule has 1 aliphatic heterocycles. The Morgan fingerprint density at radius 2 is 1.71 bits per heavy atom. The number of para-hydroxylation sites is 1. The third kappa shape index (κ3) is 4.80. The van der Waals surface area contributed by atoms with Crippen LogP contribution in [0.1, 0.15) is 64.1 Å². The van der Waals surface area contributed by atoms with Gasteiger partial charge in [-0.1, -0.05) is 58.2 Å². The summed E-state index contributed by atoms with van der Waals surface area (Å²) in [5, 5.41) is 8.30. The molecule has 2 aromatic carbocycles. The molecule has 3 heterocycles. The molecule has 0 unspecified atom stereocenters. The molecule has 2 aliphatic rings. The second kappa shape index (κ2) is 10.1. The molecule has 0 radical (unpaired) electrons. The molecular formula is C31H35N5OS. The number of aromatic nitrogens is 3.